The second kappa shape index (κ2) is 2.65. The molecule has 0 aromatic heterocycles. The third-order valence-corrected chi connectivity index (χ3v) is 1.01. The summed E-state index contributed by atoms with van der Waals surface area (Å²) >= 11 is 0. The summed E-state index contributed by atoms with van der Waals surface area (Å²) in [5, 5.41) is 8.14. The smallest absolute Gasteiger partial charge is 0.147 e. The van der Waals surface area contributed by atoms with E-state index in [9.17, 15) is 0 Å². The largest absolute Gasteiger partial charge is 0.353 e. The lowest BCUT2D eigenvalue weighted by molar-refractivity contribution is 0.0481. The van der Waals surface area contributed by atoms with Gasteiger partial charge in [-0.3, -0.25) is 0 Å². The lowest BCUT2D eigenvalue weighted by Crippen LogP contribution is -2.06. The van der Waals surface area contributed by atoms with E-state index in [0.717, 1.165) is 0 Å². The van der Waals surface area contributed by atoms with Gasteiger partial charge in [-0.2, -0.15) is 5.26 Å². The predicted molar refractivity (Wildman–Crippen MR) is 25.9 cm³/mol. The van der Waals surface area contributed by atoms with Gasteiger partial charge >= 0.3 is 0 Å². The molecule has 3 nitrogen and oxygen atoms in total. The van der Waals surface area contributed by atoms with Gasteiger partial charge in [0, 0.05) is 0 Å². The van der Waals surface area contributed by atoms with Crippen LogP contribution in [0, 0.1) is 11.3 Å². The Kier molecular flexibility index (Phi) is 1.84. The topological polar surface area (TPSA) is 42.2 Å². The van der Waals surface area contributed by atoms with Gasteiger partial charge < -0.3 is 9.47 Å². The van der Waals surface area contributed by atoms with Crippen LogP contribution in [0.15, 0.2) is 0 Å². The first-order chi connectivity index (χ1) is 3.93. The standard InChI is InChI=1S/C5H7NO2/c6-2-1-5-3-7-4-8-5/h5H,1,3-4H2. The van der Waals surface area contributed by atoms with E-state index >= 15 is 0 Å². The highest BCUT2D eigenvalue weighted by molar-refractivity contribution is 4.76. The third-order valence-electron chi connectivity index (χ3n) is 1.01. The van der Waals surface area contributed by atoms with E-state index in [1.807, 2.05) is 6.07 Å². The van der Waals surface area contributed by atoms with E-state index in [0.29, 0.717) is 19.8 Å². The fourth-order valence-corrected chi connectivity index (χ4v) is 0.592. The zero-order chi connectivity index (χ0) is 5.82. The Bertz CT molecular complexity index is 101. The summed E-state index contributed by atoms with van der Waals surface area (Å²) in [6, 6.07) is 2.00. The molecular formula is C5H7NO2. The first kappa shape index (κ1) is 5.54. The molecule has 1 unspecified atom stereocenters. The zero-order valence-electron chi connectivity index (χ0n) is 4.46. The normalized spacial score (nSPS) is 27.6. The van der Waals surface area contributed by atoms with Crippen molar-refractivity contribution in [3.05, 3.63) is 0 Å². The first-order valence-electron chi connectivity index (χ1n) is 2.50. The molecule has 1 heterocycles. The van der Waals surface area contributed by atoms with Crippen molar-refractivity contribution in [2.24, 2.45) is 0 Å². The minimum absolute atomic E-state index is 0.0278. The quantitative estimate of drug-likeness (QED) is 0.490. The van der Waals surface area contributed by atoms with E-state index in [2.05, 4.69) is 0 Å². The molecule has 1 aliphatic heterocycles. The van der Waals surface area contributed by atoms with Crippen molar-refractivity contribution in [3.8, 4) is 6.07 Å². The summed E-state index contributed by atoms with van der Waals surface area (Å²) in [6.45, 7) is 0.930. The van der Waals surface area contributed by atoms with Gasteiger partial charge in [0.05, 0.1) is 25.2 Å². The summed E-state index contributed by atoms with van der Waals surface area (Å²) in [4.78, 5) is 0. The van der Waals surface area contributed by atoms with Crippen molar-refractivity contribution in [1.82, 2.24) is 0 Å². The summed E-state index contributed by atoms with van der Waals surface area (Å²) in [6.07, 6.45) is 0.472. The fourth-order valence-electron chi connectivity index (χ4n) is 0.592. The Morgan fingerprint density at radius 3 is 3.12 bits per heavy atom. The number of nitrogens with zero attached hydrogens (tertiary/aromatic N) is 1. The second-order valence-electron chi connectivity index (χ2n) is 1.64. The monoisotopic (exact) mass is 113 g/mol. The summed E-state index contributed by atoms with van der Waals surface area (Å²) in [7, 11) is 0. The first-order valence-corrected chi connectivity index (χ1v) is 2.50. The Morgan fingerprint density at radius 1 is 1.75 bits per heavy atom. The van der Waals surface area contributed by atoms with Gasteiger partial charge in [0.1, 0.15) is 6.79 Å². The number of nitriles is 1. The minimum atomic E-state index is 0.0278. The summed E-state index contributed by atoms with van der Waals surface area (Å²) in [5.41, 5.74) is 0. The lowest BCUT2D eigenvalue weighted by atomic mass is 10.3. The molecule has 1 saturated heterocycles. The van der Waals surface area contributed by atoms with Crippen molar-refractivity contribution < 1.29 is 9.47 Å². The van der Waals surface area contributed by atoms with Crippen LogP contribution < -0.4 is 0 Å². The van der Waals surface area contributed by atoms with Gasteiger partial charge in [0.15, 0.2) is 0 Å². The second-order valence-corrected chi connectivity index (χ2v) is 1.64. The molecular weight excluding hydrogens is 106 g/mol. The van der Waals surface area contributed by atoms with Crippen molar-refractivity contribution >= 4 is 0 Å². The molecule has 1 aliphatic rings. The van der Waals surface area contributed by atoms with Gasteiger partial charge in [-0.15, -0.1) is 0 Å². The molecule has 8 heavy (non-hydrogen) atoms. The van der Waals surface area contributed by atoms with Crippen LogP contribution in [-0.2, 0) is 9.47 Å². The predicted octanol–water partition coefficient (Wildman–Crippen LogP) is 0.273. The summed E-state index contributed by atoms with van der Waals surface area (Å²) < 4.78 is 9.78. The maximum absolute atomic E-state index is 8.14. The van der Waals surface area contributed by atoms with E-state index in [-0.39, 0.29) is 6.10 Å². The van der Waals surface area contributed by atoms with Crippen LogP contribution in [0.3, 0.4) is 0 Å². The van der Waals surface area contributed by atoms with Crippen LogP contribution in [0.1, 0.15) is 6.42 Å². The average Bonchev–Trinajstić information content (AvgIpc) is 2.19. The molecule has 0 spiro atoms. The van der Waals surface area contributed by atoms with Crippen LogP contribution in [0.5, 0.6) is 0 Å². The van der Waals surface area contributed by atoms with Crippen molar-refractivity contribution in [3.63, 3.8) is 0 Å². The fraction of sp³-hybridized carbons (Fsp3) is 0.800. The van der Waals surface area contributed by atoms with E-state index in [4.69, 9.17) is 14.7 Å². The number of ether oxygens (including phenoxy) is 2. The third kappa shape index (κ3) is 1.19. The highest BCUT2D eigenvalue weighted by atomic mass is 16.7. The van der Waals surface area contributed by atoms with Gasteiger partial charge in [-0.05, 0) is 0 Å². The molecule has 0 N–H and O–H groups in total. The maximum Gasteiger partial charge on any atom is 0.147 e. The van der Waals surface area contributed by atoms with Crippen LogP contribution in [0.2, 0.25) is 0 Å². The van der Waals surface area contributed by atoms with Crippen molar-refractivity contribution in [2.75, 3.05) is 13.4 Å². The maximum atomic E-state index is 8.14. The Balaban J connectivity index is 2.17. The van der Waals surface area contributed by atoms with Crippen LogP contribution in [0.25, 0.3) is 0 Å². The number of rotatable bonds is 1. The molecule has 0 radical (unpaired) electrons. The molecule has 44 valence electrons. The van der Waals surface area contributed by atoms with Gasteiger partial charge in [0.2, 0.25) is 0 Å². The SMILES string of the molecule is N#CCC1COCO1. The molecule has 0 bridgehead atoms. The molecule has 3 heteroatoms. The molecule has 1 rings (SSSR count). The zero-order valence-corrected chi connectivity index (χ0v) is 4.46. The van der Waals surface area contributed by atoms with E-state index < -0.39 is 0 Å². The highest BCUT2D eigenvalue weighted by Gasteiger charge is 2.14. The van der Waals surface area contributed by atoms with Crippen LogP contribution in [0.4, 0.5) is 0 Å². The number of hydrogen-bond acceptors (Lipinski definition) is 3. The molecule has 0 amide bonds. The molecule has 0 aromatic carbocycles. The average molecular weight is 113 g/mol. The van der Waals surface area contributed by atoms with E-state index in [1.165, 1.54) is 0 Å². The number of hydrogen-bond donors (Lipinski definition) is 0. The molecule has 1 fully saturated rings. The van der Waals surface area contributed by atoms with Crippen molar-refractivity contribution in [2.45, 2.75) is 12.5 Å². The molecule has 0 saturated carbocycles. The Morgan fingerprint density at radius 2 is 2.62 bits per heavy atom. The van der Waals surface area contributed by atoms with Gasteiger partial charge in [-0.25, -0.2) is 0 Å². The van der Waals surface area contributed by atoms with Gasteiger partial charge in [0.25, 0.3) is 0 Å². The minimum Gasteiger partial charge on any atom is -0.353 e. The lowest BCUT2D eigenvalue weighted by Gasteiger charge is -1.96. The Labute approximate surface area is 47.8 Å². The van der Waals surface area contributed by atoms with Gasteiger partial charge in [-0.1, -0.05) is 0 Å². The van der Waals surface area contributed by atoms with E-state index in [1.54, 1.807) is 0 Å². The highest BCUT2D eigenvalue weighted by Crippen LogP contribution is 2.04. The molecule has 0 aliphatic carbocycles. The van der Waals surface area contributed by atoms with Crippen LogP contribution in [-0.4, -0.2) is 19.5 Å². The molecule has 1 atom stereocenters. The molecule has 0 aromatic rings. The summed E-state index contributed by atoms with van der Waals surface area (Å²) in [5.74, 6) is 0. The van der Waals surface area contributed by atoms with Crippen molar-refractivity contribution in [1.29, 1.82) is 5.26 Å². The van der Waals surface area contributed by atoms with Crippen LogP contribution >= 0.6 is 0 Å². The Hall–Kier alpha value is -0.590.